The van der Waals surface area contributed by atoms with E-state index in [-0.39, 0.29) is 23.7 Å². The van der Waals surface area contributed by atoms with Crippen LogP contribution in [0.15, 0.2) is 29.4 Å². The molecule has 0 spiro atoms. The lowest BCUT2D eigenvalue weighted by Gasteiger charge is -2.07. The number of hydrogen-bond donors (Lipinski definition) is 1. The van der Waals surface area contributed by atoms with Crippen molar-refractivity contribution in [2.75, 3.05) is 11.1 Å². The van der Waals surface area contributed by atoms with Crippen LogP contribution >= 0.6 is 11.8 Å². The number of nitro benzene ring substituents is 1. The van der Waals surface area contributed by atoms with Gasteiger partial charge in [-0.1, -0.05) is 37.7 Å². The Morgan fingerprint density at radius 2 is 2.17 bits per heavy atom. The molecule has 0 aliphatic carbocycles. The van der Waals surface area contributed by atoms with Crippen molar-refractivity contribution in [1.29, 1.82) is 0 Å². The zero-order valence-electron chi connectivity index (χ0n) is 13.4. The van der Waals surface area contributed by atoms with Crippen molar-refractivity contribution >= 4 is 29.0 Å². The molecule has 0 unspecified atom stereocenters. The average molecular weight is 350 g/mol. The molecule has 1 heterocycles. The van der Waals surface area contributed by atoms with E-state index in [9.17, 15) is 14.9 Å². The monoisotopic (exact) mass is 350 g/mol. The van der Waals surface area contributed by atoms with Crippen LogP contribution < -0.4 is 5.32 Å². The minimum atomic E-state index is -0.523. The second kappa shape index (κ2) is 8.39. The molecule has 2 aromatic rings. The van der Waals surface area contributed by atoms with Crippen LogP contribution in [0.1, 0.15) is 20.3 Å². The highest BCUT2D eigenvalue weighted by molar-refractivity contribution is 7.99. The summed E-state index contributed by atoms with van der Waals surface area (Å²) in [5.41, 5.74) is 0.0709. The molecule has 2 rings (SSSR count). The molecule has 1 N–H and O–H groups in total. The van der Waals surface area contributed by atoms with E-state index in [2.05, 4.69) is 34.7 Å². The molecule has 0 bridgehead atoms. The SMILES string of the molecule is CC(C)Cn1nnnc1SCCC(=O)Nc1ccccc1[N+](=O)[O-]. The largest absolute Gasteiger partial charge is 0.320 e. The van der Waals surface area contributed by atoms with Gasteiger partial charge in [-0.15, -0.1) is 5.10 Å². The molecular weight excluding hydrogens is 332 g/mol. The molecule has 128 valence electrons. The summed E-state index contributed by atoms with van der Waals surface area (Å²) in [4.78, 5) is 22.4. The van der Waals surface area contributed by atoms with Crippen LogP contribution in [0.2, 0.25) is 0 Å². The number of thioether (sulfide) groups is 1. The van der Waals surface area contributed by atoms with Gasteiger partial charge in [0.1, 0.15) is 5.69 Å². The summed E-state index contributed by atoms with van der Waals surface area (Å²) >= 11 is 1.38. The van der Waals surface area contributed by atoms with E-state index < -0.39 is 4.92 Å². The molecule has 10 heteroatoms. The highest BCUT2D eigenvalue weighted by Crippen LogP contribution is 2.23. The number of para-hydroxylation sites is 2. The maximum Gasteiger partial charge on any atom is 0.292 e. The minimum absolute atomic E-state index is 0.126. The third kappa shape index (κ3) is 5.01. The van der Waals surface area contributed by atoms with Crippen LogP contribution in [0.3, 0.4) is 0 Å². The summed E-state index contributed by atoms with van der Waals surface area (Å²) in [6.45, 7) is 4.84. The van der Waals surface area contributed by atoms with Crippen LogP contribution in [0.4, 0.5) is 11.4 Å². The number of nitro groups is 1. The molecule has 0 radical (unpaired) electrons. The van der Waals surface area contributed by atoms with Gasteiger partial charge in [0.25, 0.3) is 5.69 Å². The Bertz CT molecular complexity index is 718. The number of nitrogens with zero attached hydrogens (tertiary/aromatic N) is 5. The summed E-state index contributed by atoms with van der Waals surface area (Å²) in [6.07, 6.45) is 0.200. The molecule has 0 fully saturated rings. The Morgan fingerprint density at radius 3 is 2.88 bits per heavy atom. The first-order valence-corrected chi connectivity index (χ1v) is 8.38. The normalized spacial score (nSPS) is 10.8. The first kappa shape index (κ1) is 17.9. The van der Waals surface area contributed by atoms with Gasteiger partial charge in [-0.3, -0.25) is 14.9 Å². The van der Waals surface area contributed by atoms with Gasteiger partial charge in [0.05, 0.1) is 4.92 Å². The fourth-order valence-electron chi connectivity index (χ4n) is 1.95. The van der Waals surface area contributed by atoms with Gasteiger partial charge in [0.2, 0.25) is 11.1 Å². The Kier molecular flexibility index (Phi) is 6.24. The van der Waals surface area contributed by atoms with Crippen molar-refractivity contribution in [3.63, 3.8) is 0 Å². The third-order valence-corrected chi connectivity index (χ3v) is 3.93. The fraction of sp³-hybridized carbons (Fsp3) is 0.429. The second-order valence-corrected chi connectivity index (χ2v) is 6.52. The highest BCUT2D eigenvalue weighted by atomic mass is 32.2. The number of carbonyl (C=O) groups is 1. The molecule has 9 nitrogen and oxygen atoms in total. The molecule has 0 aliphatic rings. The van der Waals surface area contributed by atoms with Gasteiger partial charge in [0.15, 0.2) is 0 Å². The molecule has 24 heavy (non-hydrogen) atoms. The van der Waals surface area contributed by atoms with E-state index >= 15 is 0 Å². The molecular formula is C14H18N6O3S. The predicted molar refractivity (Wildman–Crippen MR) is 89.7 cm³/mol. The summed E-state index contributed by atoms with van der Waals surface area (Å²) in [5, 5.41) is 25.6. The van der Waals surface area contributed by atoms with E-state index in [0.29, 0.717) is 23.4 Å². The van der Waals surface area contributed by atoms with Crippen molar-refractivity contribution in [2.24, 2.45) is 5.92 Å². The molecule has 1 aromatic heterocycles. The fourth-order valence-corrected chi connectivity index (χ4v) is 2.77. The standard InChI is InChI=1S/C14H18N6O3S/c1-10(2)9-19-14(16-17-18-19)24-8-7-13(21)15-11-5-3-4-6-12(11)20(22)23/h3-6,10H,7-9H2,1-2H3,(H,15,21). The number of tetrazole rings is 1. The van der Waals surface area contributed by atoms with Gasteiger partial charge < -0.3 is 5.32 Å². The summed E-state index contributed by atoms with van der Waals surface area (Å²) in [5.74, 6) is 0.597. The number of aromatic nitrogens is 4. The van der Waals surface area contributed by atoms with Gasteiger partial charge in [-0.25, -0.2) is 4.68 Å². The van der Waals surface area contributed by atoms with Crippen molar-refractivity contribution in [1.82, 2.24) is 20.2 Å². The zero-order chi connectivity index (χ0) is 17.5. The second-order valence-electron chi connectivity index (χ2n) is 5.46. The topological polar surface area (TPSA) is 116 Å². The van der Waals surface area contributed by atoms with E-state index in [1.165, 1.54) is 23.9 Å². The molecule has 0 saturated heterocycles. The zero-order valence-corrected chi connectivity index (χ0v) is 14.2. The van der Waals surface area contributed by atoms with Crippen molar-refractivity contribution in [3.05, 3.63) is 34.4 Å². The van der Waals surface area contributed by atoms with Crippen LogP contribution in [0.25, 0.3) is 0 Å². The maximum absolute atomic E-state index is 12.0. The number of carbonyl (C=O) groups excluding carboxylic acids is 1. The lowest BCUT2D eigenvalue weighted by Crippen LogP contribution is -2.14. The summed E-state index contributed by atoms with van der Waals surface area (Å²) < 4.78 is 1.70. The molecule has 0 aliphatic heterocycles. The molecule has 1 aromatic carbocycles. The van der Waals surface area contributed by atoms with E-state index in [1.807, 2.05) is 0 Å². The van der Waals surface area contributed by atoms with Crippen LogP contribution in [-0.4, -0.2) is 36.8 Å². The third-order valence-electron chi connectivity index (χ3n) is 2.97. The number of amides is 1. The van der Waals surface area contributed by atoms with Crippen molar-refractivity contribution in [2.45, 2.75) is 32.0 Å². The van der Waals surface area contributed by atoms with Crippen molar-refractivity contribution in [3.8, 4) is 0 Å². The first-order valence-electron chi connectivity index (χ1n) is 7.39. The first-order chi connectivity index (χ1) is 11.5. The number of benzene rings is 1. The number of anilines is 1. The van der Waals surface area contributed by atoms with Gasteiger partial charge in [-0.2, -0.15) is 0 Å². The molecule has 0 atom stereocenters. The van der Waals surface area contributed by atoms with E-state index in [4.69, 9.17) is 0 Å². The van der Waals surface area contributed by atoms with Crippen LogP contribution in [0, 0.1) is 16.0 Å². The number of rotatable bonds is 8. The van der Waals surface area contributed by atoms with E-state index in [0.717, 1.165) is 0 Å². The average Bonchev–Trinajstić information content (AvgIpc) is 2.94. The highest BCUT2D eigenvalue weighted by Gasteiger charge is 2.15. The minimum Gasteiger partial charge on any atom is -0.320 e. The van der Waals surface area contributed by atoms with Crippen LogP contribution in [0.5, 0.6) is 0 Å². The van der Waals surface area contributed by atoms with Gasteiger partial charge >= 0.3 is 0 Å². The summed E-state index contributed by atoms with van der Waals surface area (Å²) in [6, 6.07) is 6.05. The Morgan fingerprint density at radius 1 is 1.42 bits per heavy atom. The Hall–Kier alpha value is -2.49. The number of nitrogens with one attached hydrogen (secondary N) is 1. The predicted octanol–water partition coefficient (Wildman–Crippen LogP) is 2.36. The maximum atomic E-state index is 12.0. The lowest BCUT2D eigenvalue weighted by molar-refractivity contribution is -0.383. The van der Waals surface area contributed by atoms with Gasteiger partial charge in [-0.05, 0) is 22.4 Å². The van der Waals surface area contributed by atoms with Crippen LogP contribution in [-0.2, 0) is 11.3 Å². The smallest absolute Gasteiger partial charge is 0.292 e. The van der Waals surface area contributed by atoms with E-state index in [1.54, 1.807) is 16.8 Å². The van der Waals surface area contributed by atoms with Crippen molar-refractivity contribution < 1.29 is 9.72 Å². The molecule has 1 amide bonds. The summed E-state index contributed by atoms with van der Waals surface area (Å²) in [7, 11) is 0. The Balaban J connectivity index is 1.86. The number of hydrogen-bond acceptors (Lipinski definition) is 7. The molecule has 0 saturated carbocycles. The Labute approximate surface area is 143 Å². The van der Waals surface area contributed by atoms with Gasteiger partial charge in [0, 0.05) is 24.8 Å². The lowest BCUT2D eigenvalue weighted by atomic mass is 10.2. The quantitative estimate of drug-likeness (QED) is 0.441.